The summed E-state index contributed by atoms with van der Waals surface area (Å²) in [5, 5.41) is 11.6. The first-order valence-corrected chi connectivity index (χ1v) is 12.6. The summed E-state index contributed by atoms with van der Waals surface area (Å²) in [5.74, 6) is -3.92. The van der Waals surface area contributed by atoms with E-state index in [0.29, 0.717) is 6.07 Å². The number of carbonyl (C=O) groups excluding carboxylic acids is 1. The standard InChI is InChI=1S/C29H26F4N4O3/c1-29(2,3)40-28(39)37-13-11-36(12-14-37)27-26(38)22(17-8-7-16(30)15-21(17)33)18-9-10-34-25(24(18)35-27)23-19(31)5-4-6-20(23)32/h4-10,15,38H,11-14H2,1-3H3. The van der Waals surface area contributed by atoms with E-state index in [2.05, 4.69) is 9.97 Å². The van der Waals surface area contributed by atoms with Crippen LogP contribution >= 0.6 is 0 Å². The molecule has 1 saturated heterocycles. The minimum absolute atomic E-state index is 0.000983. The molecule has 5 rings (SSSR count). The van der Waals surface area contributed by atoms with E-state index < -0.39 is 46.3 Å². The summed E-state index contributed by atoms with van der Waals surface area (Å²) in [6.45, 7) is 6.20. The van der Waals surface area contributed by atoms with Crippen LogP contribution in [-0.2, 0) is 4.74 Å². The van der Waals surface area contributed by atoms with E-state index >= 15 is 4.39 Å². The molecule has 3 heterocycles. The monoisotopic (exact) mass is 554 g/mol. The number of pyridine rings is 2. The second kappa shape index (κ2) is 10.3. The lowest BCUT2D eigenvalue weighted by atomic mass is 9.97. The summed E-state index contributed by atoms with van der Waals surface area (Å²) in [4.78, 5) is 24.5. The fourth-order valence-corrected chi connectivity index (χ4v) is 4.69. The lowest BCUT2D eigenvalue weighted by Gasteiger charge is -2.36. The summed E-state index contributed by atoms with van der Waals surface area (Å²) in [6, 6.07) is 7.71. The van der Waals surface area contributed by atoms with E-state index in [4.69, 9.17) is 4.74 Å². The van der Waals surface area contributed by atoms with Crippen LogP contribution in [0.5, 0.6) is 5.75 Å². The van der Waals surface area contributed by atoms with Gasteiger partial charge in [0, 0.05) is 55.0 Å². The molecule has 0 bridgehead atoms. The van der Waals surface area contributed by atoms with Crippen molar-refractivity contribution >= 4 is 22.8 Å². The number of aromatic nitrogens is 2. The molecule has 0 saturated carbocycles. The van der Waals surface area contributed by atoms with Gasteiger partial charge in [0.1, 0.15) is 40.1 Å². The van der Waals surface area contributed by atoms with Crippen LogP contribution in [0.3, 0.4) is 0 Å². The van der Waals surface area contributed by atoms with Gasteiger partial charge >= 0.3 is 6.09 Å². The molecule has 0 unspecified atom stereocenters. The second-order valence-corrected chi connectivity index (χ2v) is 10.4. The zero-order valence-corrected chi connectivity index (χ0v) is 22.0. The molecule has 0 atom stereocenters. The van der Waals surface area contributed by atoms with Gasteiger partial charge in [-0.1, -0.05) is 6.07 Å². The predicted octanol–water partition coefficient (Wildman–Crippen LogP) is 6.28. The molecule has 0 radical (unpaired) electrons. The molecule has 1 aliphatic heterocycles. The number of carbonyl (C=O) groups is 1. The minimum Gasteiger partial charge on any atom is -0.504 e. The molecular formula is C29H26F4N4O3. The highest BCUT2D eigenvalue weighted by Gasteiger charge is 2.30. The van der Waals surface area contributed by atoms with Crippen molar-refractivity contribution < 1.29 is 32.2 Å². The average molecular weight is 555 g/mol. The Labute approximate surface area is 227 Å². The summed E-state index contributed by atoms with van der Waals surface area (Å²) < 4.78 is 64.0. The van der Waals surface area contributed by atoms with Gasteiger partial charge < -0.3 is 19.6 Å². The molecule has 1 fully saturated rings. The minimum atomic E-state index is -0.945. The molecule has 0 aliphatic carbocycles. The highest BCUT2D eigenvalue weighted by Crippen LogP contribution is 2.45. The van der Waals surface area contributed by atoms with Gasteiger partial charge in [-0.05, 0) is 51.1 Å². The fraction of sp³-hybridized carbons (Fsp3) is 0.276. The number of aromatic hydroxyl groups is 1. The van der Waals surface area contributed by atoms with Crippen LogP contribution in [0.4, 0.5) is 28.2 Å². The van der Waals surface area contributed by atoms with Crippen LogP contribution in [0.2, 0.25) is 0 Å². The van der Waals surface area contributed by atoms with Gasteiger partial charge in [-0.25, -0.2) is 27.3 Å². The molecule has 2 aromatic heterocycles. The molecule has 0 spiro atoms. The van der Waals surface area contributed by atoms with Gasteiger partial charge in [0.05, 0.1) is 5.56 Å². The van der Waals surface area contributed by atoms with Crippen LogP contribution in [0.15, 0.2) is 48.7 Å². The number of benzene rings is 2. The molecule has 40 heavy (non-hydrogen) atoms. The number of nitrogens with zero attached hydrogens (tertiary/aromatic N) is 4. The number of piperazine rings is 1. The first-order valence-electron chi connectivity index (χ1n) is 12.6. The Morgan fingerprint density at radius 1 is 0.925 bits per heavy atom. The van der Waals surface area contributed by atoms with E-state index in [9.17, 15) is 23.1 Å². The number of ether oxygens (including phenoxy) is 1. The zero-order valence-electron chi connectivity index (χ0n) is 22.0. The maximum absolute atomic E-state index is 15.1. The third-order valence-electron chi connectivity index (χ3n) is 6.49. The van der Waals surface area contributed by atoms with Crippen molar-refractivity contribution in [3.8, 4) is 28.1 Å². The van der Waals surface area contributed by atoms with Crippen LogP contribution in [-0.4, -0.2) is 57.8 Å². The number of halogens is 4. The zero-order chi connectivity index (χ0) is 28.8. The van der Waals surface area contributed by atoms with Crippen LogP contribution in [0.1, 0.15) is 20.8 Å². The van der Waals surface area contributed by atoms with Crippen molar-refractivity contribution in [2.24, 2.45) is 0 Å². The Balaban J connectivity index is 1.67. The SMILES string of the molecule is CC(C)(C)OC(=O)N1CCN(c2nc3c(-c4c(F)cccc4F)nccc3c(-c3ccc(F)cc3F)c2O)CC1. The molecule has 7 nitrogen and oxygen atoms in total. The number of hydrogen-bond donors (Lipinski definition) is 1. The maximum Gasteiger partial charge on any atom is 0.410 e. The van der Waals surface area contributed by atoms with Crippen LogP contribution in [0, 0.1) is 23.3 Å². The normalized spacial score (nSPS) is 14.1. The summed E-state index contributed by atoms with van der Waals surface area (Å²) in [6.07, 6.45) is 0.785. The maximum atomic E-state index is 15.1. The molecule has 11 heteroatoms. The Kier molecular flexibility index (Phi) is 6.99. The van der Waals surface area contributed by atoms with E-state index in [1.54, 1.807) is 25.7 Å². The summed E-state index contributed by atoms with van der Waals surface area (Å²) in [7, 11) is 0. The van der Waals surface area contributed by atoms with E-state index in [1.807, 2.05) is 0 Å². The van der Waals surface area contributed by atoms with E-state index in [-0.39, 0.29) is 59.7 Å². The smallest absolute Gasteiger partial charge is 0.410 e. The Morgan fingerprint density at radius 2 is 1.60 bits per heavy atom. The van der Waals surface area contributed by atoms with E-state index in [1.165, 1.54) is 29.3 Å². The van der Waals surface area contributed by atoms with Crippen LogP contribution < -0.4 is 4.90 Å². The third kappa shape index (κ3) is 5.11. The van der Waals surface area contributed by atoms with Gasteiger partial charge in [-0.2, -0.15) is 0 Å². The third-order valence-corrected chi connectivity index (χ3v) is 6.49. The number of amides is 1. The Bertz CT molecular complexity index is 1600. The molecular weight excluding hydrogens is 528 g/mol. The van der Waals surface area contributed by atoms with Crippen molar-refractivity contribution in [2.75, 3.05) is 31.1 Å². The molecule has 1 aliphatic rings. The lowest BCUT2D eigenvalue weighted by Crippen LogP contribution is -2.50. The van der Waals surface area contributed by atoms with Gasteiger partial charge in [0.2, 0.25) is 0 Å². The van der Waals surface area contributed by atoms with Gasteiger partial charge in [0.25, 0.3) is 0 Å². The highest BCUT2D eigenvalue weighted by atomic mass is 19.1. The number of anilines is 1. The largest absolute Gasteiger partial charge is 0.504 e. The summed E-state index contributed by atoms with van der Waals surface area (Å²) >= 11 is 0. The molecule has 4 aromatic rings. The Morgan fingerprint density at radius 3 is 2.23 bits per heavy atom. The average Bonchev–Trinajstić information content (AvgIpc) is 2.88. The van der Waals surface area contributed by atoms with E-state index in [0.717, 1.165) is 18.2 Å². The van der Waals surface area contributed by atoms with Gasteiger partial charge in [-0.15, -0.1) is 0 Å². The predicted molar refractivity (Wildman–Crippen MR) is 142 cm³/mol. The summed E-state index contributed by atoms with van der Waals surface area (Å²) in [5.41, 5.74) is -1.42. The first-order chi connectivity index (χ1) is 18.9. The highest BCUT2D eigenvalue weighted by molar-refractivity contribution is 6.05. The number of fused-ring (bicyclic) bond motifs is 1. The van der Waals surface area contributed by atoms with Crippen molar-refractivity contribution in [3.63, 3.8) is 0 Å². The molecule has 208 valence electrons. The van der Waals surface area contributed by atoms with Crippen molar-refractivity contribution in [3.05, 3.63) is 71.9 Å². The van der Waals surface area contributed by atoms with Crippen molar-refractivity contribution in [1.82, 2.24) is 14.9 Å². The number of hydrogen-bond acceptors (Lipinski definition) is 6. The second-order valence-electron chi connectivity index (χ2n) is 10.4. The van der Waals surface area contributed by atoms with Crippen molar-refractivity contribution in [1.29, 1.82) is 0 Å². The fourth-order valence-electron chi connectivity index (χ4n) is 4.69. The quantitative estimate of drug-likeness (QED) is 0.300. The topological polar surface area (TPSA) is 78.8 Å². The lowest BCUT2D eigenvalue weighted by molar-refractivity contribution is 0.0240. The molecule has 1 N–H and O–H groups in total. The van der Waals surface area contributed by atoms with Crippen LogP contribution in [0.25, 0.3) is 33.3 Å². The molecule has 2 aromatic carbocycles. The number of rotatable bonds is 3. The Hall–Kier alpha value is -4.41. The molecule has 1 amide bonds. The van der Waals surface area contributed by atoms with Crippen molar-refractivity contribution in [2.45, 2.75) is 26.4 Å². The van der Waals surface area contributed by atoms with Gasteiger partial charge in [0.15, 0.2) is 11.6 Å². The van der Waals surface area contributed by atoms with Gasteiger partial charge in [-0.3, -0.25) is 4.98 Å². The first kappa shape index (κ1) is 27.2.